The molecule has 15 heteroatoms. The predicted molar refractivity (Wildman–Crippen MR) is 124 cm³/mol. The van der Waals surface area contributed by atoms with E-state index in [9.17, 15) is 33.9 Å². The van der Waals surface area contributed by atoms with Gasteiger partial charge in [-0.1, -0.05) is 13.8 Å². The summed E-state index contributed by atoms with van der Waals surface area (Å²) in [5.74, 6) is -6.08. The molecule has 4 amide bonds. The van der Waals surface area contributed by atoms with Crippen LogP contribution in [0.15, 0.2) is 12.5 Å². The van der Waals surface area contributed by atoms with Crippen molar-refractivity contribution in [2.75, 3.05) is 0 Å². The average molecular weight is 512 g/mol. The molecule has 1 heterocycles. The van der Waals surface area contributed by atoms with E-state index >= 15 is 0 Å². The molecule has 36 heavy (non-hydrogen) atoms. The van der Waals surface area contributed by atoms with Crippen LogP contribution >= 0.6 is 0 Å². The number of aliphatic carboxylic acids is 2. The molecule has 0 aliphatic carbocycles. The standard InChI is InChI=1S/C21H33N7O8/c1-10(2)17(23)20(34)26-12(4-6-16(30)31)18(32)28-14(7-11-8-24-9-25-11)19(33)27-13(21(35)36)3-5-15(22)29/h8-10,12-14,17H,3-7,23H2,1-2H3,(H2,22,29)(H,24,25)(H,26,34)(H,27,33)(H,28,32)(H,30,31)(H,35,36). The van der Waals surface area contributed by atoms with Gasteiger partial charge in [-0.2, -0.15) is 0 Å². The summed E-state index contributed by atoms with van der Waals surface area (Å²) in [5, 5.41) is 25.5. The number of aromatic nitrogens is 2. The summed E-state index contributed by atoms with van der Waals surface area (Å²) in [6.45, 7) is 3.39. The van der Waals surface area contributed by atoms with Gasteiger partial charge in [-0.25, -0.2) is 9.78 Å². The first-order valence-corrected chi connectivity index (χ1v) is 11.2. The van der Waals surface area contributed by atoms with E-state index in [0.29, 0.717) is 5.69 Å². The minimum atomic E-state index is -1.46. The molecule has 0 saturated carbocycles. The monoisotopic (exact) mass is 511 g/mol. The van der Waals surface area contributed by atoms with Crippen LogP contribution in [-0.4, -0.2) is 79.9 Å². The maximum Gasteiger partial charge on any atom is 0.326 e. The maximum atomic E-state index is 13.0. The number of carboxylic acid groups (broad SMARTS) is 2. The Morgan fingerprint density at radius 1 is 0.917 bits per heavy atom. The summed E-state index contributed by atoms with van der Waals surface area (Å²) in [7, 11) is 0. The average Bonchev–Trinajstić information content (AvgIpc) is 3.30. The van der Waals surface area contributed by atoms with Crippen molar-refractivity contribution >= 4 is 35.6 Å². The summed E-state index contributed by atoms with van der Waals surface area (Å²) >= 11 is 0. The first-order valence-electron chi connectivity index (χ1n) is 11.2. The lowest BCUT2D eigenvalue weighted by Crippen LogP contribution is -2.58. The van der Waals surface area contributed by atoms with Crippen LogP contribution in [0.2, 0.25) is 0 Å². The molecule has 0 saturated heterocycles. The Labute approximate surface area is 206 Å². The lowest BCUT2D eigenvalue weighted by Gasteiger charge is -2.25. The van der Waals surface area contributed by atoms with E-state index in [0.717, 1.165) is 0 Å². The van der Waals surface area contributed by atoms with Crippen molar-refractivity contribution < 1.29 is 39.0 Å². The minimum Gasteiger partial charge on any atom is -0.481 e. The fourth-order valence-corrected chi connectivity index (χ4v) is 3.02. The molecule has 4 atom stereocenters. The summed E-state index contributed by atoms with van der Waals surface area (Å²) < 4.78 is 0. The highest BCUT2D eigenvalue weighted by atomic mass is 16.4. The third-order valence-electron chi connectivity index (χ3n) is 5.21. The number of nitrogens with zero attached hydrogens (tertiary/aromatic N) is 1. The second-order valence-corrected chi connectivity index (χ2v) is 8.51. The van der Waals surface area contributed by atoms with E-state index in [-0.39, 0.29) is 31.6 Å². The predicted octanol–water partition coefficient (Wildman–Crippen LogP) is -2.40. The topological polar surface area (TPSA) is 260 Å². The van der Waals surface area contributed by atoms with Crippen molar-refractivity contribution in [1.82, 2.24) is 25.9 Å². The van der Waals surface area contributed by atoms with Crippen molar-refractivity contribution in [3.05, 3.63) is 18.2 Å². The van der Waals surface area contributed by atoms with E-state index < -0.39 is 66.2 Å². The third kappa shape index (κ3) is 10.5. The first-order chi connectivity index (χ1) is 16.8. The molecule has 0 aromatic carbocycles. The SMILES string of the molecule is CC(C)C(N)C(=O)NC(CCC(=O)O)C(=O)NC(Cc1cnc[nH]1)C(=O)NC(CCC(N)=O)C(=O)O. The second kappa shape index (κ2) is 14.4. The molecule has 0 radical (unpaired) electrons. The molecule has 0 fully saturated rings. The highest BCUT2D eigenvalue weighted by Crippen LogP contribution is 2.06. The van der Waals surface area contributed by atoms with Gasteiger partial charge in [-0.3, -0.25) is 24.0 Å². The van der Waals surface area contributed by atoms with E-state index in [2.05, 4.69) is 25.9 Å². The Bertz CT molecular complexity index is 935. The first kappa shape index (κ1) is 30.0. The largest absolute Gasteiger partial charge is 0.481 e. The van der Waals surface area contributed by atoms with Gasteiger partial charge in [0.2, 0.25) is 23.6 Å². The summed E-state index contributed by atoms with van der Waals surface area (Å²) in [6.07, 6.45) is 1.28. The summed E-state index contributed by atoms with van der Waals surface area (Å²) in [5.41, 5.74) is 11.3. The number of carbonyl (C=O) groups is 6. The molecule has 1 aromatic heterocycles. The van der Waals surface area contributed by atoms with Crippen LogP contribution in [0.1, 0.15) is 45.2 Å². The molecule has 0 spiro atoms. The van der Waals surface area contributed by atoms with Crippen LogP contribution in [0.25, 0.3) is 0 Å². The molecule has 1 aromatic rings. The number of hydrogen-bond acceptors (Lipinski definition) is 8. The zero-order valence-corrected chi connectivity index (χ0v) is 20.0. The number of primary amides is 1. The number of nitrogens with one attached hydrogen (secondary N) is 4. The lowest BCUT2D eigenvalue weighted by molar-refractivity contribution is -0.142. The van der Waals surface area contributed by atoms with E-state index in [1.807, 2.05) is 0 Å². The van der Waals surface area contributed by atoms with Crippen molar-refractivity contribution in [1.29, 1.82) is 0 Å². The van der Waals surface area contributed by atoms with Crippen molar-refractivity contribution in [2.45, 2.75) is 70.1 Å². The molecule has 0 aliphatic rings. The molecule has 10 N–H and O–H groups in total. The molecule has 0 bridgehead atoms. The van der Waals surface area contributed by atoms with Crippen LogP contribution in [0.5, 0.6) is 0 Å². The molecular weight excluding hydrogens is 478 g/mol. The van der Waals surface area contributed by atoms with Gasteiger partial charge in [0.05, 0.1) is 12.4 Å². The Kier molecular flexibility index (Phi) is 12.0. The number of carbonyl (C=O) groups excluding carboxylic acids is 4. The number of aromatic amines is 1. The molecule has 15 nitrogen and oxygen atoms in total. The highest BCUT2D eigenvalue weighted by molar-refractivity contribution is 5.94. The Morgan fingerprint density at radius 2 is 1.47 bits per heavy atom. The third-order valence-corrected chi connectivity index (χ3v) is 5.21. The summed E-state index contributed by atoms with van der Waals surface area (Å²) in [4.78, 5) is 78.6. The van der Waals surface area contributed by atoms with Gasteiger partial charge in [-0.05, 0) is 18.8 Å². The quantitative estimate of drug-likeness (QED) is 0.117. The normalized spacial score (nSPS) is 14.2. The number of carboxylic acids is 2. The van der Waals surface area contributed by atoms with Gasteiger partial charge in [0, 0.05) is 31.2 Å². The van der Waals surface area contributed by atoms with Crippen molar-refractivity contribution in [3.63, 3.8) is 0 Å². The van der Waals surface area contributed by atoms with E-state index in [4.69, 9.17) is 16.6 Å². The Hall–Kier alpha value is -4.01. The van der Waals surface area contributed by atoms with Crippen LogP contribution in [0.3, 0.4) is 0 Å². The molecule has 1 rings (SSSR count). The van der Waals surface area contributed by atoms with E-state index in [1.165, 1.54) is 12.5 Å². The van der Waals surface area contributed by atoms with Gasteiger partial charge >= 0.3 is 11.9 Å². The van der Waals surface area contributed by atoms with Crippen LogP contribution in [0.4, 0.5) is 0 Å². The zero-order chi connectivity index (χ0) is 27.4. The summed E-state index contributed by atoms with van der Waals surface area (Å²) in [6, 6.07) is -5.09. The molecule has 200 valence electrons. The van der Waals surface area contributed by atoms with Crippen molar-refractivity contribution in [2.24, 2.45) is 17.4 Å². The number of H-pyrrole nitrogens is 1. The van der Waals surface area contributed by atoms with Crippen LogP contribution < -0.4 is 27.4 Å². The zero-order valence-electron chi connectivity index (χ0n) is 20.0. The van der Waals surface area contributed by atoms with Gasteiger partial charge in [0.25, 0.3) is 0 Å². The fraction of sp³-hybridized carbons (Fsp3) is 0.571. The smallest absolute Gasteiger partial charge is 0.326 e. The molecular formula is C21H33N7O8. The van der Waals surface area contributed by atoms with Crippen LogP contribution in [-0.2, 0) is 35.2 Å². The highest BCUT2D eigenvalue weighted by Gasteiger charge is 2.31. The van der Waals surface area contributed by atoms with Gasteiger partial charge < -0.3 is 42.6 Å². The van der Waals surface area contributed by atoms with Gasteiger partial charge in [0.15, 0.2) is 0 Å². The number of nitrogens with two attached hydrogens (primary N) is 2. The maximum absolute atomic E-state index is 13.0. The minimum absolute atomic E-state index is 0.134. The van der Waals surface area contributed by atoms with Gasteiger partial charge in [-0.15, -0.1) is 0 Å². The van der Waals surface area contributed by atoms with E-state index in [1.54, 1.807) is 13.8 Å². The molecule has 4 unspecified atom stereocenters. The number of imidazole rings is 1. The Balaban J connectivity index is 3.09. The number of amides is 4. The number of rotatable bonds is 16. The number of hydrogen-bond donors (Lipinski definition) is 8. The second-order valence-electron chi connectivity index (χ2n) is 8.51. The molecule has 0 aliphatic heterocycles. The fourth-order valence-electron chi connectivity index (χ4n) is 3.02. The van der Waals surface area contributed by atoms with Crippen LogP contribution in [0, 0.1) is 5.92 Å². The lowest BCUT2D eigenvalue weighted by atomic mass is 10.0. The van der Waals surface area contributed by atoms with Gasteiger partial charge in [0.1, 0.15) is 18.1 Å². The van der Waals surface area contributed by atoms with Crippen molar-refractivity contribution in [3.8, 4) is 0 Å². The Morgan fingerprint density at radius 3 is 1.97 bits per heavy atom.